The third kappa shape index (κ3) is 3.77. The summed E-state index contributed by atoms with van der Waals surface area (Å²) in [5.74, 6) is -0.399. The number of nitrogens with zero attached hydrogens (tertiary/aromatic N) is 1. The number of carbonyl (C=O) groups is 1. The Bertz CT molecular complexity index is 757. The van der Waals surface area contributed by atoms with Gasteiger partial charge in [0.25, 0.3) is 5.91 Å². The molecule has 1 amide bonds. The van der Waals surface area contributed by atoms with E-state index in [9.17, 15) is 13.2 Å². The van der Waals surface area contributed by atoms with Gasteiger partial charge < -0.3 is 11.1 Å². The summed E-state index contributed by atoms with van der Waals surface area (Å²) >= 11 is 0. The van der Waals surface area contributed by atoms with Crippen molar-refractivity contribution >= 4 is 21.6 Å². The van der Waals surface area contributed by atoms with E-state index in [0.717, 1.165) is 5.56 Å². The van der Waals surface area contributed by atoms with Crippen LogP contribution in [0.25, 0.3) is 0 Å². The summed E-state index contributed by atoms with van der Waals surface area (Å²) in [4.78, 5) is 15.8. The van der Waals surface area contributed by atoms with Crippen molar-refractivity contribution in [2.75, 3.05) is 5.73 Å². The molecule has 1 heterocycles. The number of amides is 1. The van der Waals surface area contributed by atoms with Gasteiger partial charge >= 0.3 is 0 Å². The molecule has 2 aromatic rings. The molecule has 0 aliphatic carbocycles. The Kier molecular flexibility index (Phi) is 4.20. The molecule has 5 N–H and O–H groups in total. The van der Waals surface area contributed by atoms with Crippen LogP contribution in [0.5, 0.6) is 0 Å². The molecule has 0 aliphatic heterocycles. The molecule has 110 valence electrons. The van der Waals surface area contributed by atoms with E-state index >= 15 is 0 Å². The number of hydrogen-bond acceptors (Lipinski definition) is 5. The van der Waals surface area contributed by atoms with Crippen molar-refractivity contribution in [2.24, 2.45) is 5.14 Å². The van der Waals surface area contributed by atoms with E-state index in [1.807, 2.05) is 0 Å². The number of rotatable bonds is 4. The van der Waals surface area contributed by atoms with Crippen LogP contribution in [0.3, 0.4) is 0 Å². The highest BCUT2D eigenvalue weighted by Gasteiger charge is 2.11. The van der Waals surface area contributed by atoms with Gasteiger partial charge in [0.15, 0.2) is 5.69 Å². The minimum Gasteiger partial charge on any atom is -0.397 e. The van der Waals surface area contributed by atoms with Crippen LogP contribution < -0.4 is 16.2 Å². The Balaban J connectivity index is 2.04. The Morgan fingerprint density at radius 2 is 1.86 bits per heavy atom. The highest BCUT2D eigenvalue weighted by atomic mass is 32.2. The lowest BCUT2D eigenvalue weighted by Crippen LogP contribution is -2.24. The monoisotopic (exact) mass is 306 g/mol. The molecule has 0 saturated heterocycles. The highest BCUT2D eigenvalue weighted by molar-refractivity contribution is 7.89. The number of hydrogen-bond donors (Lipinski definition) is 3. The normalized spacial score (nSPS) is 11.1. The Morgan fingerprint density at radius 3 is 2.43 bits per heavy atom. The molecule has 8 heteroatoms. The van der Waals surface area contributed by atoms with Crippen LogP contribution in [0.4, 0.5) is 5.69 Å². The summed E-state index contributed by atoms with van der Waals surface area (Å²) in [5.41, 5.74) is 6.82. The average Bonchev–Trinajstić information content (AvgIpc) is 2.45. The SMILES string of the molecule is Nc1cccnc1C(=O)NCc1ccc(S(N)(=O)=O)cc1. The molecule has 21 heavy (non-hydrogen) atoms. The van der Waals surface area contributed by atoms with Crippen LogP contribution in [0, 0.1) is 0 Å². The molecule has 0 aliphatic rings. The van der Waals surface area contributed by atoms with Gasteiger partial charge in [-0.25, -0.2) is 18.5 Å². The minimum atomic E-state index is -3.71. The van der Waals surface area contributed by atoms with Crippen molar-refractivity contribution in [1.82, 2.24) is 10.3 Å². The Morgan fingerprint density at radius 1 is 1.19 bits per heavy atom. The zero-order valence-electron chi connectivity index (χ0n) is 11.0. The van der Waals surface area contributed by atoms with Crippen LogP contribution in [-0.2, 0) is 16.6 Å². The predicted molar refractivity (Wildman–Crippen MR) is 77.6 cm³/mol. The Hall–Kier alpha value is -2.45. The van der Waals surface area contributed by atoms with E-state index in [0.29, 0.717) is 5.69 Å². The lowest BCUT2D eigenvalue weighted by Gasteiger charge is -2.07. The van der Waals surface area contributed by atoms with E-state index in [2.05, 4.69) is 10.3 Å². The first kappa shape index (κ1) is 14.9. The second-order valence-corrected chi connectivity index (χ2v) is 5.87. The fraction of sp³-hybridized carbons (Fsp3) is 0.0769. The van der Waals surface area contributed by atoms with E-state index in [-0.39, 0.29) is 17.1 Å². The largest absolute Gasteiger partial charge is 0.397 e. The second kappa shape index (κ2) is 5.90. The number of sulfonamides is 1. The molecule has 0 spiro atoms. The molecule has 1 aromatic heterocycles. The van der Waals surface area contributed by atoms with Crippen molar-refractivity contribution in [2.45, 2.75) is 11.4 Å². The summed E-state index contributed by atoms with van der Waals surface area (Å²) in [7, 11) is -3.71. The maximum absolute atomic E-state index is 11.9. The number of primary sulfonamides is 1. The number of nitrogen functional groups attached to an aromatic ring is 1. The van der Waals surface area contributed by atoms with Crippen LogP contribution in [0.1, 0.15) is 16.1 Å². The zero-order valence-corrected chi connectivity index (χ0v) is 11.8. The number of benzene rings is 1. The summed E-state index contributed by atoms with van der Waals surface area (Å²) in [6.45, 7) is 0.222. The first-order valence-corrected chi connectivity index (χ1v) is 7.53. The standard InChI is InChI=1S/C13H14N4O3S/c14-11-2-1-7-16-12(11)13(18)17-8-9-3-5-10(6-4-9)21(15,19)20/h1-7H,8,14H2,(H,17,18)(H2,15,19,20). The van der Waals surface area contributed by atoms with Crippen molar-refractivity contribution in [1.29, 1.82) is 0 Å². The summed E-state index contributed by atoms with van der Waals surface area (Å²) in [6.07, 6.45) is 1.48. The third-order valence-electron chi connectivity index (χ3n) is 2.76. The maximum atomic E-state index is 11.9. The van der Waals surface area contributed by atoms with Crippen LogP contribution in [0.15, 0.2) is 47.5 Å². The fourth-order valence-corrected chi connectivity index (χ4v) is 2.19. The van der Waals surface area contributed by atoms with Gasteiger partial charge in [0.1, 0.15) is 0 Å². The molecule has 1 aromatic carbocycles. The quantitative estimate of drug-likeness (QED) is 0.745. The summed E-state index contributed by atoms with van der Waals surface area (Å²) in [6, 6.07) is 9.13. The highest BCUT2D eigenvalue weighted by Crippen LogP contribution is 2.10. The number of anilines is 1. The van der Waals surface area contributed by atoms with Crippen molar-refractivity contribution in [3.63, 3.8) is 0 Å². The lowest BCUT2D eigenvalue weighted by atomic mass is 10.2. The summed E-state index contributed by atoms with van der Waals surface area (Å²) < 4.78 is 22.2. The van der Waals surface area contributed by atoms with Gasteiger partial charge in [0, 0.05) is 12.7 Å². The molecule has 0 saturated carbocycles. The van der Waals surface area contributed by atoms with Gasteiger partial charge in [-0.05, 0) is 29.8 Å². The summed E-state index contributed by atoms with van der Waals surface area (Å²) in [5, 5.41) is 7.65. The van der Waals surface area contributed by atoms with E-state index in [4.69, 9.17) is 10.9 Å². The van der Waals surface area contributed by atoms with Gasteiger partial charge in [-0.15, -0.1) is 0 Å². The predicted octanol–water partition coefficient (Wildman–Crippen LogP) is 0.241. The Labute approximate surface area is 122 Å². The van der Waals surface area contributed by atoms with Crippen molar-refractivity contribution in [3.05, 3.63) is 53.9 Å². The fourth-order valence-electron chi connectivity index (χ4n) is 1.67. The van der Waals surface area contributed by atoms with Crippen molar-refractivity contribution < 1.29 is 13.2 Å². The van der Waals surface area contributed by atoms with Gasteiger partial charge in [-0.3, -0.25) is 4.79 Å². The molecule has 0 unspecified atom stereocenters. The first-order chi connectivity index (χ1) is 9.88. The van der Waals surface area contributed by atoms with Gasteiger partial charge in [-0.2, -0.15) is 0 Å². The third-order valence-corrected chi connectivity index (χ3v) is 3.69. The van der Waals surface area contributed by atoms with Gasteiger partial charge in [0.2, 0.25) is 10.0 Å². The second-order valence-electron chi connectivity index (χ2n) is 4.31. The van der Waals surface area contributed by atoms with Crippen molar-refractivity contribution in [3.8, 4) is 0 Å². The number of aromatic nitrogens is 1. The number of pyridine rings is 1. The van der Waals surface area contributed by atoms with Crippen LogP contribution in [0.2, 0.25) is 0 Å². The molecule has 0 fully saturated rings. The molecular weight excluding hydrogens is 292 g/mol. The topological polar surface area (TPSA) is 128 Å². The lowest BCUT2D eigenvalue weighted by molar-refractivity contribution is 0.0947. The van der Waals surface area contributed by atoms with E-state index in [1.165, 1.54) is 18.3 Å². The molecular formula is C13H14N4O3S. The molecule has 7 nitrogen and oxygen atoms in total. The molecule has 2 rings (SSSR count). The first-order valence-electron chi connectivity index (χ1n) is 5.98. The number of carbonyl (C=O) groups excluding carboxylic acids is 1. The van der Waals surface area contributed by atoms with E-state index in [1.54, 1.807) is 24.3 Å². The molecule has 0 radical (unpaired) electrons. The van der Waals surface area contributed by atoms with Gasteiger partial charge in [-0.1, -0.05) is 12.1 Å². The minimum absolute atomic E-state index is 0.0200. The van der Waals surface area contributed by atoms with Crippen LogP contribution in [-0.4, -0.2) is 19.3 Å². The molecule has 0 atom stereocenters. The molecule has 0 bridgehead atoms. The number of nitrogens with two attached hydrogens (primary N) is 2. The average molecular weight is 306 g/mol. The number of nitrogens with one attached hydrogen (secondary N) is 1. The van der Waals surface area contributed by atoms with E-state index < -0.39 is 15.9 Å². The van der Waals surface area contributed by atoms with Crippen LogP contribution >= 0.6 is 0 Å². The maximum Gasteiger partial charge on any atom is 0.272 e. The smallest absolute Gasteiger partial charge is 0.272 e. The van der Waals surface area contributed by atoms with Gasteiger partial charge in [0.05, 0.1) is 10.6 Å². The zero-order chi connectivity index (χ0) is 15.5.